The highest BCUT2D eigenvalue weighted by Crippen LogP contribution is 2.14. The van der Waals surface area contributed by atoms with Gasteiger partial charge in [0.15, 0.2) is 0 Å². The number of hydrogen-bond acceptors (Lipinski definition) is 3. The number of likely N-dealkylation sites (tertiary alicyclic amines) is 1. The zero-order valence-electron chi connectivity index (χ0n) is 8.54. The summed E-state index contributed by atoms with van der Waals surface area (Å²) in [5.41, 5.74) is 0. The average Bonchev–Trinajstić information content (AvgIpc) is 2.32. The van der Waals surface area contributed by atoms with Crippen LogP contribution in [0.4, 0.5) is 0 Å². The quantitative estimate of drug-likeness (QED) is 0.663. The van der Waals surface area contributed by atoms with E-state index in [2.05, 4.69) is 11.9 Å². The minimum atomic E-state index is 0.135. The summed E-state index contributed by atoms with van der Waals surface area (Å²) in [6, 6.07) is 0.564. The van der Waals surface area contributed by atoms with Crippen molar-refractivity contribution in [2.75, 3.05) is 33.4 Å². The first-order valence-electron chi connectivity index (χ1n) is 5.23. The Morgan fingerprint density at radius 1 is 1.38 bits per heavy atom. The van der Waals surface area contributed by atoms with Gasteiger partial charge in [-0.1, -0.05) is 12.8 Å². The predicted octanol–water partition coefficient (Wildman–Crippen LogP) is 0.870. The second-order valence-electron chi connectivity index (χ2n) is 3.78. The molecule has 1 aliphatic rings. The molecular weight excluding hydrogens is 166 g/mol. The van der Waals surface area contributed by atoms with E-state index in [0.29, 0.717) is 12.6 Å². The Labute approximate surface area is 80.7 Å². The molecule has 1 heterocycles. The average molecular weight is 187 g/mol. The lowest BCUT2D eigenvalue weighted by Gasteiger charge is -2.25. The molecule has 0 radical (unpaired) electrons. The van der Waals surface area contributed by atoms with E-state index in [1.807, 2.05) is 0 Å². The Kier molecular flexibility index (Phi) is 5.35. The third kappa shape index (κ3) is 4.07. The third-order valence-corrected chi connectivity index (χ3v) is 2.72. The molecule has 1 aliphatic heterocycles. The zero-order valence-corrected chi connectivity index (χ0v) is 8.54. The second-order valence-corrected chi connectivity index (χ2v) is 3.78. The molecule has 3 nitrogen and oxygen atoms in total. The maximum atomic E-state index is 8.58. The van der Waals surface area contributed by atoms with Crippen LogP contribution in [0.2, 0.25) is 0 Å². The standard InChI is InChI=1S/C10H21NO2/c1-11-6-4-2-3-5-10(11)9-13-8-7-12/h10,12H,2-9H2,1H3. The number of hydrogen-bond donors (Lipinski definition) is 1. The fraction of sp³-hybridized carbons (Fsp3) is 1.00. The normalized spacial score (nSPS) is 25.8. The molecule has 3 heteroatoms. The van der Waals surface area contributed by atoms with Crippen LogP contribution >= 0.6 is 0 Å². The van der Waals surface area contributed by atoms with Crippen LogP contribution in [-0.2, 0) is 4.74 Å². The van der Waals surface area contributed by atoms with E-state index in [0.717, 1.165) is 6.61 Å². The van der Waals surface area contributed by atoms with Gasteiger partial charge in [-0.2, -0.15) is 0 Å². The molecule has 0 amide bonds. The van der Waals surface area contributed by atoms with E-state index in [4.69, 9.17) is 9.84 Å². The van der Waals surface area contributed by atoms with E-state index >= 15 is 0 Å². The van der Waals surface area contributed by atoms with Crippen LogP contribution in [0.5, 0.6) is 0 Å². The molecule has 13 heavy (non-hydrogen) atoms. The van der Waals surface area contributed by atoms with Gasteiger partial charge in [0, 0.05) is 6.04 Å². The SMILES string of the molecule is CN1CCCCCC1COCCO. The summed E-state index contributed by atoms with van der Waals surface area (Å²) in [7, 11) is 2.16. The van der Waals surface area contributed by atoms with Crippen LogP contribution in [0.15, 0.2) is 0 Å². The smallest absolute Gasteiger partial charge is 0.0698 e. The Morgan fingerprint density at radius 2 is 2.23 bits per heavy atom. The largest absolute Gasteiger partial charge is 0.394 e. The van der Waals surface area contributed by atoms with Crippen molar-refractivity contribution in [1.82, 2.24) is 4.90 Å². The van der Waals surface area contributed by atoms with Crippen molar-refractivity contribution in [2.24, 2.45) is 0 Å². The Balaban J connectivity index is 2.19. The van der Waals surface area contributed by atoms with Crippen molar-refractivity contribution < 1.29 is 9.84 Å². The number of aliphatic hydroxyl groups is 1. The van der Waals surface area contributed by atoms with E-state index in [1.54, 1.807) is 0 Å². The lowest BCUT2D eigenvalue weighted by atomic mass is 10.1. The van der Waals surface area contributed by atoms with E-state index in [9.17, 15) is 0 Å². The fourth-order valence-corrected chi connectivity index (χ4v) is 1.82. The van der Waals surface area contributed by atoms with Gasteiger partial charge in [0.05, 0.1) is 19.8 Å². The van der Waals surface area contributed by atoms with E-state index in [1.165, 1.54) is 32.2 Å². The molecule has 0 aromatic rings. The van der Waals surface area contributed by atoms with Crippen LogP contribution in [0.3, 0.4) is 0 Å². The molecule has 1 unspecified atom stereocenters. The molecule has 78 valence electrons. The van der Waals surface area contributed by atoms with Gasteiger partial charge in [-0.15, -0.1) is 0 Å². The first kappa shape index (κ1) is 11.0. The van der Waals surface area contributed by atoms with Gasteiger partial charge < -0.3 is 14.7 Å². The highest BCUT2D eigenvalue weighted by atomic mass is 16.5. The molecule has 1 saturated heterocycles. The Bertz CT molecular complexity index is 130. The summed E-state index contributed by atoms with van der Waals surface area (Å²) in [6.45, 7) is 2.57. The van der Waals surface area contributed by atoms with Crippen LogP contribution in [0.1, 0.15) is 25.7 Å². The molecule has 0 aromatic carbocycles. The molecular formula is C10H21NO2. The minimum Gasteiger partial charge on any atom is -0.394 e. The number of ether oxygens (including phenoxy) is 1. The number of nitrogens with zero attached hydrogens (tertiary/aromatic N) is 1. The Morgan fingerprint density at radius 3 is 3.00 bits per heavy atom. The van der Waals surface area contributed by atoms with Crippen molar-refractivity contribution in [2.45, 2.75) is 31.7 Å². The van der Waals surface area contributed by atoms with Gasteiger partial charge in [-0.25, -0.2) is 0 Å². The van der Waals surface area contributed by atoms with Crippen molar-refractivity contribution in [3.63, 3.8) is 0 Å². The van der Waals surface area contributed by atoms with Crippen LogP contribution in [0, 0.1) is 0 Å². The maximum Gasteiger partial charge on any atom is 0.0698 e. The number of likely N-dealkylation sites (N-methyl/N-ethyl adjacent to an activating group) is 1. The van der Waals surface area contributed by atoms with Crippen molar-refractivity contribution >= 4 is 0 Å². The lowest BCUT2D eigenvalue weighted by molar-refractivity contribution is 0.0481. The monoisotopic (exact) mass is 187 g/mol. The Hall–Kier alpha value is -0.120. The molecule has 0 saturated carbocycles. The topological polar surface area (TPSA) is 32.7 Å². The summed E-state index contributed by atoms with van der Waals surface area (Å²) in [4.78, 5) is 2.38. The van der Waals surface area contributed by atoms with Gasteiger partial charge in [0.25, 0.3) is 0 Å². The van der Waals surface area contributed by atoms with Gasteiger partial charge >= 0.3 is 0 Å². The van der Waals surface area contributed by atoms with Crippen molar-refractivity contribution in [3.05, 3.63) is 0 Å². The van der Waals surface area contributed by atoms with Gasteiger partial charge in [-0.3, -0.25) is 0 Å². The summed E-state index contributed by atoms with van der Waals surface area (Å²) in [5.74, 6) is 0. The number of rotatable bonds is 4. The van der Waals surface area contributed by atoms with Gasteiger partial charge in [-0.05, 0) is 26.4 Å². The van der Waals surface area contributed by atoms with Crippen molar-refractivity contribution in [1.29, 1.82) is 0 Å². The molecule has 0 aliphatic carbocycles. The molecule has 0 bridgehead atoms. The van der Waals surface area contributed by atoms with Crippen LogP contribution < -0.4 is 0 Å². The van der Waals surface area contributed by atoms with E-state index in [-0.39, 0.29) is 6.61 Å². The zero-order chi connectivity index (χ0) is 9.52. The third-order valence-electron chi connectivity index (χ3n) is 2.72. The van der Waals surface area contributed by atoms with Crippen molar-refractivity contribution in [3.8, 4) is 0 Å². The lowest BCUT2D eigenvalue weighted by Crippen LogP contribution is -2.35. The highest BCUT2D eigenvalue weighted by Gasteiger charge is 2.16. The second kappa shape index (κ2) is 6.35. The first-order valence-corrected chi connectivity index (χ1v) is 5.23. The maximum absolute atomic E-state index is 8.58. The van der Waals surface area contributed by atoms with Gasteiger partial charge in [0.2, 0.25) is 0 Å². The van der Waals surface area contributed by atoms with Gasteiger partial charge in [0.1, 0.15) is 0 Å². The summed E-state index contributed by atoms with van der Waals surface area (Å²) in [6.07, 6.45) is 5.22. The predicted molar refractivity (Wildman–Crippen MR) is 52.8 cm³/mol. The molecule has 0 spiro atoms. The van der Waals surface area contributed by atoms with Crippen LogP contribution in [-0.4, -0.2) is 49.5 Å². The summed E-state index contributed by atoms with van der Waals surface area (Å²) in [5, 5.41) is 8.58. The highest BCUT2D eigenvalue weighted by molar-refractivity contribution is 4.71. The molecule has 1 atom stereocenters. The molecule has 1 fully saturated rings. The molecule has 1 N–H and O–H groups in total. The minimum absolute atomic E-state index is 0.135. The molecule has 1 rings (SSSR count). The van der Waals surface area contributed by atoms with Crippen LogP contribution in [0.25, 0.3) is 0 Å². The fourth-order valence-electron chi connectivity index (χ4n) is 1.82. The number of aliphatic hydroxyl groups excluding tert-OH is 1. The first-order chi connectivity index (χ1) is 6.34. The summed E-state index contributed by atoms with van der Waals surface area (Å²) >= 11 is 0. The molecule has 0 aromatic heterocycles. The van der Waals surface area contributed by atoms with E-state index < -0.39 is 0 Å². The summed E-state index contributed by atoms with van der Waals surface area (Å²) < 4.78 is 5.36.